The van der Waals surface area contributed by atoms with Crippen LogP contribution in [0.3, 0.4) is 0 Å². The maximum absolute atomic E-state index is 11.7. The zero-order chi connectivity index (χ0) is 12.3. The third kappa shape index (κ3) is 3.28. The van der Waals surface area contributed by atoms with Gasteiger partial charge in [0.15, 0.2) is 0 Å². The first-order chi connectivity index (χ1) is 8.16. The van der Waals surface area contributed by atoms with Gasteiger partial charge in [0.05, 0.1) is 6.04 Å². The Bertz CT molecular complexity index is 356. The van der Waals surface area contributed by atoms with Crippen LogP contribution in [-0.2, 0) is 11.3 Å². The molecule has 4 nitrogen and oxygen atoms in total. The molecule has 1 amide bonds. The molecule has 0 aliphatic carbocycles. The predicted molar refractivity (Wildman–Crippen MR) is 69.8 cm³/mol. The Labute approximate surface area is 106 Å². The Morgan fingerprint density at radius 1 is 1.47 bits per heavy atom. The number of hydrogen-bond acceptors (Lipinski definition) is 4. The quantitative estimate of drug-likeness (QED) is 0.864. The van der Waals surface area contributed by atoms with Gasteiger partial charge in [0.25, 0.3) is 0 Å². The van der Waals surface area contributed by atoms with Crippen molar-refractivity contribution in [2.24, 2.45) is 5.73 Å². The first-order valence-electron chi connectivity index (χ1n) is 5.94. The number of carbonyl (C=O) groups is 1. The lowest BCUT2D eigenvalue weighted by atomic mass is 10.2. The molecule has 0 spiro atoms. The molecular weight excluding hydrogens is 234 g/mol. The Morgan fingerprint density at radius 2 is 2.18 bits per heavy atom. The Morgan fingerprint density at radius 3 is 2.71 bits per heavy atom. The molecule has 2 rings (SSSR count). The molecule has 1 fully saturated rings. The zero-order valence-corrected chi connectivity index (χ0v) is 10.9. The maximum atomic E-state index is 11.7. The minimum atomic E-state index is -0.376. The van der Waals surface area contributed by atoms with Gasteiger partial charge < -0.3 is 10.6 Å². The van der Waals surface area contributed by atoms with Crippen molar-refractivity contribution in [3.8, 4) is 0 Å². The van der Waals surface area contributed by atoms with Crippen LogP contribution < -0.4 is 5.73 Å². The number of piperazine rings is 1. The van der Waals surface area contributed by atoms with Gasteiger partial charge in [0, 0.05) is 32.7 Å². The van der Waals surface area contributed by atoms with E-state index in [0.29, 0.717) is 0 Å². The number of nitrogens with zero attached hydrogens (tertiary/aromatic N) is 2. The molecule has 1 aromatic rings. The van der Waals surface area contributed by atoms with E-state index in [1.165, 1.54) is 5.56 Å². The molecule has 1 aromatic heterocycles. The van der Waals surface area contributed by atoms with Crippen LogP contribution in [0.1, 0.15) is 12.5 Å². The lowest BCUT2D eigenvalue weighted by Crippen LogP contribution is -2.52. The second-order valence-corrected chi connectivity index (χ2v) is 5.30. The topological polar surface area (TPSA) is 49.6 Å². The van der Waals surface area contributed by atoms with Gasteiger partial charge in [0.2, 0.25) is 5.91 Å². The summed E-state index contributed by atoms with van der Waals surface area (Å²) in [7, 11) is 0. The Balaban J connectivity index is 1.80. The third-order valence-corrected chi connectivity index (χ3v) is 3.79. The van der Waals surface area contributed by atoms with Gasteiger partial charge in [-0.25, -0.2) is 0 Å². The van der Waals surface area contributed by atoms with Gasteiger partial charge in [-0.2, -0.15) is 11.3 Å². The highest BCUT2D eigenvalue weighted by atomic mass is 32.1. The summed E-state index contributed by atoms with van der Waals surface area (Å²) >= 11 is 1.73. The molecule has 0 bridgehead atoms. The number of amides is 1. The summed E-state index contributed by atoms with van der Waals surface area (Å²) < 4.78 is 0. The van der Waals surface area contributed by atoms with Crippen LogP contribution in [0.15, 0.2) is 16.8 Å². The van der Waals surface area contributed by atoms with E-state index in [1.54, 1.807) is 18.3 Å². The molecular formula is C12H19N3OS. The predicted octanol–water partition coefficient (Wildman–Crippen LogP) is 0.740. The summed E-state index contributed by atoms with van der Waals surface area (Å²) in [5, 5.41) is 4.28. The zero-order valence-electron chi connectivity index (χ0n) is 10.1. The summed E-state index contributed by atoms with van der Waals surface area (Å²) in [5.41, 5.74) is 6.97. The van der Waals surface area contributed by atoms with Gasteiger partial charge in [-0.15, -0.1) is 0 Å². The highest BCUT2D eigenvalue weighted by Crippen LogP contribution is 2.11. The van der Waals surface area contributed by atoms with Gasteiger partial charge in [0.1, 0.15) is 0 Å². The number of nitrogens with two attached hydrogens (primary N) is 1. The first kappa shape index (κ1) is 12.5. The number of carbonyl (C=O) groups excluding carboxylic acids is 1. The SMILES string of the molecule is C[C@@H](N)C(=O)N1CCN(Cc2ccsc2)CC1. The first-order valence-corrected chi connectivity index (χ1v) is 6.89. The van der Waals surface area contributed by atoms with Crippen molar-refractivity contribution in [1.82, 2.24) is 9.80 Å². The van der Waals surface area contributed by atoms with E-state index < -0.39 is 0 Å². The maximum Gasteiger partial charge on any atom is 0.239 e. The van der Waals surface area contributed by atoms with Crippen molar-refractivity contribution in [3.63, 3.8) is 0 Å². The van der Waals surface area contributed by atoms with Crippen LogP contribution in [0.5, 0.6) is 0 Å². The van der Waals surface area contributed by atoms with E-state index >= 15 is 0 Å². The fraction of sp³-hybridized carbons (Fsp3) is 0.583. The minimum absolute atomic E-state index is 0.0696. The van der Waals surface area contributed by atoms with Gasteiger partial charge in [-0.1, -0.05) is 0 Å². The van der Waals surface area contributed by atoms with Crippen molar-refractivity contribution in [2.45, 2.75) is 19.5 Å². The molecule has 17 heavy (non-hydrogen) atoms. The molecule has 1 aliphatic rings. The van der Waals surface area contributed by atoms with Crippen molar-refractivity contribution in [2.75, 3.05) is 26.2 Å². The normalized spacial score (nSPS) is 19.3. The van der Waals surface area contributed by atoms with E-state index in [2.05, 4.69) is 21.7 Å². The number of thiophene rings is 1. The Hall–Kier alpha value is -0.910. The van der Waals surface area contributed by atoms with E-state index in [9.17, 15) is 4.79 Å². The summed E-state index contributed by atoms with van der Waals surface area (Å²) in [6.45, 7) is 6.21. The molecule has 2 heterocycles. The lowest BCUT2D eigenvalue weighted by Gasteiger charge is -2.35. The van der Waals surface area contributed by atoms with Crippen molar-refractivity contribution >= 4 is 17.2 Å². The van der Waals surface area contributed by atoms with E-state index in [-0.39, 0.29) is 11.9 Å². The summed E-state index contributed by atoms with van der Waals surface area (Å²) in [4.78, 5) is 16.0. The average Bonchev–Trinajstić information content (AvgIpc) is 2.82. The molecule has 2 N–H and O–H groups in total. The number of hydrogen-bond donors (Lipinski definition) is 1. The lowest BCUT2D eigenvalue weighted by molar-refractivity contribution is -0.134. The molecule has 0 saturated carbocycles. The molecule has 0 radical (unpaired) electrons. The van der Waals surface area contributed by atoms with Crippen LogP contribution in [0, 0.1) is 0 Å². The smallest absolute Gasteiger partial charge is 0.239 e. The number of rotatable bonds is 3. The third-order valence-electron chi connectivity index (χ3n) is 3.06. The molecule has 1 atom stereocenters. The fourth-order valence-corrected chi connectivity index (χ4v) is 2.71. The summed E-state index contributed by atoms with van der Waals surface area (Å²) in [5.74, 6) is 0.0696. The van der Waals surface area contributed by atoms with Crippen molar-refractivity contribution in [1.29, 1.82) is 0 Å². The summed E-state index contributed by atoms with van der Waals surface area (Å²) in [6.07, 6.45) is 0. The van der Waals surface area contributed by atoms with Crippen LogP contribution >= 0.6 is 11.3 Å². The second-order valence-electron chi connectivity index (χ2n) is 4.52. The molecule has 1 saturated heterocycles. The largest absolute Gasteiger partial charge is 0.339 e. The van der Waals surface area contributed by atoms with Gasteiger partial charge in [-0.3, -0.25) is 9.69 Å². The van der Waals surface area contributed by atoms with Crippen LogP contribution in [-0.4, -0.2) is 47.9 Å². The van der Waals surface area contributed by atoms with Crippen molar-refractivity contribution in [3.05, 3.63) is 22.4 Å². The standard InChI is InChI=1S/C12H19N3OS/c1-10(13)12(16)15-5-3-14(4-6-15)8-11-2-7-17-9-11/h2,7,9-10H,3-6,8,13H2,1H3/t10-/m1/s1. The van der Waals surface area contributed by atoms with Gasteiger partial charge >= 0.3 is 0 Å². The molecule has 94 valence electrons. The molecule has 1 aliphatic heterocycles. The fourth-order valence-electron chi connectivity index (χ4n) is 2.06. The van der Waals surface area contributed by atoms with Crippen molar-refractivity contribution < 1.29 is 4.79 Å². The van der Waals surface area contributed by atoms with Gasteiger partial charge in [-0.05, 0) is 29.3 Å². The van der Waals surface area contributed by atoms with Crippen LogP contribution in [0.2, 0.25) is 0 Å². The highest BCUT2D eigenvalue weighted by Gasteiger charge is 2.22. The molecule has 0 aromatic carbocycles. The molecule has 5 heteroatoms. The second kappa shape index (κ2) is 5.62. The minimum Gasteiger partial charge on any atom is -0.339 e. The van der Waals surface area contributed by atoms with Crippen LogP contribution in [0.4, 0.5) is 0 Å². The average molecular weight is 253 g/mol. The summed E-state index contributed by atoms with van der Waals surface area (Å²) in [6, 6.07) is 1.78. The van der Waals surface area contributed by atoms with Crippen LogP contribution in [0.25, 0.3) is 0 Å². The Kier molecular flexibility index (Phi) is 4.15. The monoisotopic (exact) mass is 253 g/mol. The molecule has 0 unspecified atom stereocenters. The van der Waals surface area contributed by atoms with E-state index in [1.807, 2.05) is 4.90 Å². The van der Waals surface area contributed by atoms with E-state index in [4.69, 9.17) is 5.73 Å². The van der Waals surface area contributed by atoms with E-state index in [0.717, 1.165) is 32.7 Å². The highest BCUT2D eigenvalue weighted by molar-refractivity contribution is 7.07.